The molecule has 1 aliphatic heterocycles. The molecule has 1 heterocycles. The van der Waals surface area contributed by atoms with Gasteiger partial charge >= 0.3 is 0 Å². The van der Waals surface area contributed by atoms with Crippen LogP contribution in [0.15, 0.2) is 29.3 Å². The Hall–Kier alpha value is -1.35. The third-order valence-corrected chi connectivity index (χ3v) is 4.79. The molecule has 0 aliphatic carbocycles. The molecule has 0 radical (unpaired) electrons. The van der Waals surface area contributed by atoms with E-state index in [4.69, 9.17) is 4.74 Å². The average molecular weight is 502 g/mol. The van der Waals surface area contributed by atoms with E-state index < -0.39 is 0 Å². The molecular weight excluding hydrogens is 467 g/mol. The monoisotopic (exact) mass is 502 g/mol. The Bertz CT molecular complexity index is 641. The molecule has 1 aliphatic rings. The number of rotatable bonds is 7. The zero-order valence-corrected chi connectivity index (χ0v) is 20.1. The number of carbonyl (C=O) groups is 1. The molecule has 6 nitrogen and oxygen atoms in total. The number of hydrogen-bond donors (Lipinski definition) is 2. The average Bonchev–Trinajstić information content (AvgIpc) is 3.05. The van der Waals surface area contributed by atoms with E-state index in [0.29, 0.717) is 19.5 Å². The molecule has 1 amide bonds. The van der Waals surface area contributed by atoms with E-state index in [2.05, 4.69) is 43.3 Å². The van der Waals surface area contributed by atoms with Crippen molar-refractivity contribution in [3.8, 4) is 0 Å². The first-order valence-corrected chi connectivity index (χ1v) is 9.79. The predicted molar refractivity (Wildman–Crippen MR) is 127 cm³/mol. The van der Waals surface area contributed by atoms with Gasteiger partial charge in [0.2, 0.25) is 5.91 Å². The molecule has 2 rings (SSSR count). The van der Waals surface area contributed by atoms with Crippen LogP contribution >= 0.6 is 24.0 Å². The van der Waals surface area contributed by atoms with Gasteiger partial charge in [-0.05, 0) is 36.5 Å². The Kier molecular flexibility index (Phi) is 10.2. The van der Waals surface area contributed by atoms with Crippen molar-refractivity contribution < 1.29 is 9.53 Å². The molecule has 1 aromatic carbocycles. The van der Waals surface area contributed by atoms with E-state index in [1.807, 2.05) is 29.2 Å². The van der Waals surface area contributed by atoms with Crippen molar-refractivity contribution in [2.45, 2.75) is 53.2 Å². The van der Waals surface area contributed by atoms with Gasteiger partial charge in [0.15, 0.2) is 5.96 Å². The second kappa shape index (κ2) is 11.6. The summed E-state index contributed by atoms with van der Waals surface area (Å²) < 4.78 is 5.60. The fourth-order valence-electron chi connectivity index (χ4n) is 3.15. The van der Waals surface area contributed by atoms with Crippen molar-refractivity contribution >= 4 is 41.5 Å². The zero-order chi connectivity index (χ0) is 19.9. The number of aliphatic imine (C=N–C) groups is 1. The van der Waals surface area contributed by atoms with E-state index in [0.717, 1.165) is 36.7 Å². The van der Waals surface area contributed by atoms with Gasteiger partial charge < -0.3 is 20.3 Å². The van der Waals surface area contributed by atoms with Gasteiger partial charge in [-0.1, -0.05) is 32.9 Å². The maximum atomic E-state index is 11.8. The molecule has 1 atom stereocenters. The van der Waals surface area contributed by atoms with E-state index in [9.17, 15) is 4.79 Å². The lowest BCUT2D eigenvalue weighted by Gasteiger charge is -2.30. The van der Waals surface area contributed by atoms with E-state index >= 15 is 0 Å². The van der Waals surface area contributed by atoms with Crippen LogP contribution in [0.5, 0.6) is 0 Å². The summed E-state index contributed by atoms with van der Waals surface area (Å²) in [6.45, 7) is 11.4. The van der Waals surface area contributed by atoms with Gasteiger partial charge in [-0.15, -0.1) is 24.0 Å². The summed E-state index contributed by atoms with van der Waals surface area (Å²) >= 11 is 0. The van der Waals surface area contributed by atoms with Gasteiger partial charge in [0.05, 0.1) is 12.6 Å². The van der Waals surface area contributed by atoms with Gasteiger partial charge in [0.25, 0.3) is 0 Å². The van der Waals surface area contributed by atoms with Crippen molar-refractivity contribution in [1.29, 1.82) is 0 Å². The number of ether oxygens (including phenoxy) is 1. The van der Waals surface area contributed by atoms with E-state index in [1.165, 1.54) is 0 Å². The van der Waals surface area contributed by atoms with Crippen molar-refractivity contribution in [3.63, 3.8) is 0 Å². The van der Waals surface area contributed by atoms with Crippen molar-refractivity contribution in [2.24, 2.45) is 10.4 Å². The molecular formula is C21H35IN4O2. The molecule has 7 heteroatoms. The maximum absolute atomic E-state index is 11.8. The van der Waals surface area contributed by atoms with Gasteiger partial charge in [0, 0.05) is 38.9 Å². The third-order valence-electron chi connectivity index (χ3n) is 4.79. The largest absolute Gasteiger partial charge is 0.379 e. The highest BCUT2D eigenvalue weighted by Crippen LogP contribution is 2.22. The summed E-state index contributed by atoms with van der Waals surface area (Å²) in [7, 11) is 1.74. The molecule has 0 aromatic heterocycles. The lowest BCUT2D eigenvalue weighted by molar-refractivity contribution is -0.117. The van der Waals surface area contributed by atoms with Crippen LogP contribution in [0, 0.1) is 5.41 Å². The first-order valence-electron chi connectivity index (χ1n) is 9.79. The second-order valence-electron chi connectivity index (χ2n) is 7.98. The SMILES string of the molecule is CCNC(=NCc1ccc(N2CCCC2=O)cc1)NCC(OC)C(C)(C)C.I. The first-order chi connectivity index (χ1) is 12.8. The van der Waals surface area contributed by atoms with Crippen molar-refractivity contribution in [3.05, 3.63) is 29.8 Å². The number of anilines is 1. The van der Waals surface area contributed by atoms with E-state index in [1.54, 1.807) is 7.11 Å². The van der Waals surface area contributed by atoms with Crippen molar-refractivity contribution in [1.82, 2.24) is 10.6 Å². The molecule has 1 fully saturated rings. The van der Waals surface area contributed by atoms with Crippen LogP contribution in [0.25, 0.3) is 0 Å². The predicted octanol–water partition coefficient (Wildman–Crippen LogP) is 3.55. The summed E-state index contributed by atoms with van der Waals surface area (Å²) in [5.41, 5.74) is 2.15. The van der Waals surface area contributed by atoms with Gasteiger partial charge in [0.1, 0.15) is 0 Å². The number of halogens is 1. The van der Waals surface area contributed by atoms with Crippen molar-refractivity contribution in [2.75, 3.05) is 31.6 Å². The molecule has 1 unspecified atom stereocenters. The van der Waals surface area contributed by atoms with Gasteiger partial charge in [-0.3, -0.25) is 4.79 Å². The molecule has 1 saturated heterocycles. The highest BCUT2D eigenvalue weighted by Gasteiger charge is 2.24. The number of carbonyl (C=O) groups excluding carboxylic acids is 1. The van der Waals surface area contributed by atoms with Crippen LogP contribution in [0.3, 0.4) is 0 Å². The number of benzene rings is 1. The number of nitrogens with one attached hydrogen (secondary N) is 2. The number of methoxy groups -OCH3 is 1. The van der Waals surface area contributed by atoms with Crippen LogP contribution in [-0.4, -0.2) is 44.7 Å². The number of amides is 1. The summed E-state index contributed by atoms with van der Waals surface area (Å²) in [5, 5.41) is 6.65. The molecule has 28 heavy (non-hydrogen) atoms. The minimum Gasteiger partial charge on any atom is -0.379 e. The molecule has 158 valence electrons. The fourth-order valence-corrected chi connectivity index (χ4v) is 3.15. The van der Waals surface area contributed by atoms with Gasteiger partial charge in [-0.2, -0.15) is 0 Å². The van der Waals surface area contributed by atoms with Crippen LogP contribution < -0.4 is 15.5 Å². The molecule has 2 N–H and O–H groups in total. The lowest BCUT2D eigenvalue weighted by Crippen LogP contribution is -2.45. The summed E-state index contributed by atoms with van der Waals surface area (Å²) in [5.74, 6) is 0.994. The normalized spacial score (nSPS) is 16.0. The topological polar surface area (TPSA) is 66.0 Å². The molecule has 0 bridgehead atoms. The maximum Gasteiger partial charge on any atom is 0.227 e. The Morgan fingerprint density at radius 2 is 1.93 bits per heavy atom. The molecule has 0 spiro atoms. The minimum absolute atomic E-state index is 0. The quantitative estimate of drug-likeness (QED) is 0.340. The highest BCUT2D eigenvalue weighted by molar-refractivity contribution is 14.0. The second-order valence-corrected chi connectivity index (χ2v) is 7.98. The minimum atomic E-state index is 0. The Morgan fingerprint density at radius 1 is 1.25 bits per heavy atom. The van der Waals surface area contributed by atoms with Crippen LogP contribution in [0.1, 0.15) is 46.1 Å². The van der Waals surface area contributed by atoms with Crippen LogP contribution in [0.2, 0.25) is 0 Å². The lowest BCUT2D eigenvalue weighted by atomic mass is 9.89. The Labute approximate surface area is 186 Å². The van der Waals surface area contributed by atoms with Gasteiger partial charge in [-0.25, -0.2) is 4.99 Å². The summed E-state index contributed by atoms with van der Waals surface area (Å²) in [4.78, 5) is 18.4. The van der Waals surface area contributed by atoms with Crippen LogP contribution in [-0.2, 0) is 16.1 Å². The third kappa shape index (κ3) is 7.24. The number of guanidine groups is 1. The van der Waals surface area contributed by atoms with Crippen LogP contribution in [0.4, 0.5) is 5.69 Å². The number of hydrogen-bond acceptors (Lipinski definition) is 3. The Morgan fingerprint density at radius 3 is 2.43 bits per heavy atom. The molecule has 0 saturated carbocycles. The summed E-state index contributed by atoms with van der Waals surface area (Å²) in [6.07, 6.45) is 1.69. The summed E-state index contributed by atoms with van der Waals surface area (Å²) in [6, 6.07) is 8.10. The number of nitrogens with zero attached hydrogens (tertiary/aromatic N) is 2. The fraction of sp³-hybridized carbons (Fsp3) is 0.619. The standard InChI is InChI=1S/C21H34N4O2.HI/c1-6-22-20(24-15-18(27-5)21(2,3)4)23-14-16-9-11-17(12-10-16)25-13-7-8-19(25)26;/h9-12,18H,6-8,13-15H2,1-5H3,(H2,22,23,24);1H. The van der Waals surface area contributed by atoms with E-state index in [-0.39, 0.29) is 41.4 Å². The highest BCUT2D eigenvalue weighted by atomic mass is 127. The smallest absolute Gasteiger partial charge is 0.227 e. The zero-order valence-electron chi connectivity index (χ0n) is 17.7. The molecule has 1 aromatic rings. The Balaban J connectivity index is 0.00000392. The first kappa shape index (κ1) is 24.7.